The van der Waals surface area contributed by atoms with Crippen molar-refractivity contribution < 1.29 is 28.8 Å². The molecule has 2 N–H and O–H groups in total. The lowest BCUT2D eigenvalue weighted by molar-refractivity contribution is -0.134. The van der Waals surface area contributed by atoms with Gasteiger partial charge in [-0.25, -0.2) is 4.99 Å². The summed E-state index contributed by atoms with van der Waals surface area (Å²) in [7, 11) is 3.00. The monoisotopic (exact) mass is 599 g/mol. The second-order valence-corrected chi connectivity index (χ2v) is 10.0. The Morgan fingerprint density at radius 2 is 1.84 bits per heavy atom. The first kappa shape index (κ1) is 32.2. The van der Waals surface area contributed by atoms with Crippen LogP contribution in [0.1, 0.15) is 41.2 Å². The van der Waals surface area contributed by atoms with Crippen LogP contribution >= 0.6 is 0 Å². The summed E-state index contributed by atoms with van der Waals surface area (Å²) < 4.78 is 22.9. The fourth-order valence-corrected chi connectivity index (χ4v) is 4.86. The summed E-state index contributed by atoms with van der Waals surface area (Å²) in [5.74, 6) is 0.544. The van der Waals surface area contributed by atoms with Crippen LogP contribution in [0.25, 0.3) is 16.5 Å². The van der Waals surface area contributed by atoms with Gasteiger partial charge in [-0.1, -0.05) is 71.9 Å². The second-order valence-electron chi connectivity index (χ2n) is 10.0. The fraction of sp³-hybridized carbons (Fsp3) is 0.333. The molecular formula is C33H37N5O6. The van der Waals surface area contributed by atoms with Gasteiger partial charge in [-0.3, -0.25) is 4.79 Å². The van der Waals surface area contributed by atoms with Gasteiger partial charge in [-0.2, -0.15) is 0 Å². The number of amides is 1. The zero-order chi connectivity index (χ0) is 31.2. The molecule has 0 spiro atoms. The highest BCUT2D eigenvalue weighted by Gasteiger charge is 2.53. The van der Waals surface area contributed by atoms with E-state index in [-0.39, 0.29) is 37.9 Å². The molecule has 1 aliphatic rings. The Bertz CT molecular complexity index is 1470. The molecule has 11 nitrogen and oxygen atoms in total. The van der Waals surface area contributed by atoms with Crippen molar-refractivity contribution in [3.05, 3.63) is 118 Å². The van der Waals surface area contributed by atoms with Gasteiger partial charge in [0, 0.05) is 44.1 Å². The zero-order valence-corrected chi connectivity index (χ0v) is 24.8. The Morgan fingerprint density at radius 3 is 2.55 bits per heavy atom. The van der Waals surface area contributed by atoms with E-state index >= 15 is 0 Å². The minimum absolute atomic E-state index is 0.0453. The molecule has 4 rings (SSSR count). The molecule has 0 saturated heterocycles. The van der Waals surface area contributed by atoms with Gasteiger partial charge in [0.2, 0.25) is 5.90 Å². The first-order valence-corrected chi connectivity index (χ1v) is 14.3. The molecule has 0 saturated carbocycles. The summed E-state index contributed by atoms with van der Waals surface area (Å²) in [6.07, 6.45) is 3.07. The average Bonchev–Trinajstić information content (AvgIpc) is 3.45. The lowest BCUT2D eigenvalue weighted by Crippen LogP contribution is -2.50. The van der Waals surface area contributed by atoms with Crippen LogP contribution in [0.15, 0.2) is 95.0 Å². The van der Waals surface area contributed by atoms with Crippen molar-refractivity contribution in [2.24, 2.45) is 10.1 Å². The Morgan fingerprint density at radius 1 is 1.11 bits per heavy atom. The quantitative estimate of drug-likeness (QED) is 0.0745. The van der Waals surface area contributed by atoms with E-state index in [0.29, 0.717) is 29.9 Å². The molecule has 1 amide bonds. The first-order chi connectivity index (χ1) is 21.5. The molecule has 44 heavy (non-hydrogen) atoms. The molecule has 11 heteroatoms. The van der Waals surface area contributed by atoms with Crippen molar-refractivity contribution in [1.82, 2.24) is 5.32 Å². The fourth-order valence-electron chi connectivity index (χ4n) is 4.86. The maximum Gasteiger partial charge on any atom is 0.252 e. The molecule has 0 aromatic heterocycles. The lowest BCUT2D eigenvalue weighted by Gasteiger charge is -2.31. The van der Waals surface area contributed by atoms with Gasteiger partial charge in [-0.15, -0.1) is 0 Å². The summed E-state index contributed by atoms with van der Waals surface area (Å²) in [5.41, 5.74) is 10.6. The molecule has 0 unspecified atom stereocenters. The molecule has 0 radical (unpaired) electrons. The number of nitrogens with zero attached hydrogens (tertiary/aromatic N) is 4. The first-order valence-electron chi connectivity index (χ1n) is 14.3. The Kier molecular flexibility index (Phi) is 11.9. The molecule has 2 atom stereocenters. The third-order valence-corrected chi connectivity index (χ3v) is 7.17. The summed E-state index contributed by atoms with van der Waals surface area (Å²) in [5, 5.41) is 15.8. The standard InChI is InChI=1S/C33H37N5O6/c1-41-29(42-2)23-35-32(40)33(19-8-12-24-10-4-3-5-11-24)30(28-14-7-6-13-26(28)22-36-38-34)44-31(37-33)25-15-17-27(18-16-25)43-21-9-20-39/h3-8,10-18,29-30,39H,9,19-23H2,1-2H3,(H,35,40)/b12-8+/t30-,33-/m1/s1. The Balaban J connectivity index is 1.79. The maximum atomic E-state index is 14.3. The zero-order valence-electron chi connectivity index (χ0n) is 24.8. The number of carbonyl (C=O) groups is 1. The van der Waals surface area contributed by atoms with E-state index in [1.165, 1.54) is 14.2 Å². The van der Waals surface area contributed by atoms with Crippen LogP contribution in [-0.2, 0) is 25.5 Å². The second kappa shape index (κ2) is 16.3. The average molecular weight is 600 g/mol. The third-order valence-electron chi connectivity index (χ3n) is 7.17. The van der Waals surface area contributed by atoms with Crippen LogP contribution in [0.4, 0.5) is 0 Å². The number of rotatable bonds is 16. The van der Waals surface area contributed by atoms with Crippen LogP contribution in [0.3, 0.4) is 0 Å². The maximum absolute atomic E-state index is 14.3. The number of azide groups is 1. The normalized spacial score (nSPS) is 17.6. The minimum atomic E-state index is -1.44. The van der Waals surface area contributed by atoms with Crippen molar-refractivity contribution in [2.45, 2.75) is 37.3 Å². The van der Waals surface area contributed by atoms with Gasteiger partial charge in [0.1, 0.15) is 5.75 Å². The van der Waals surface area contributed by atoms with E-state index in [0.717, 1.165) is 11.1 Å². The number of benzene rings is 3. The van der Waals surface area contributed by atoms with E-state index in [9.17, 15) is 4.79 Å². The smallest absolute Gasteiger partial charge is 0.252 e. The molecule has 230 valence electrons. The van der Waals surface area contributed by atoms with Crippen molar-refractivity contribution in [3.63, 3.8) is 0 Å². The van der Waals surface area contributed by atoms with Gasteiger partial charge in [-0.05, 0) is 46.5 Å². The topological polar surface area (TPSA) is 147 Å². The van der Waals surface area contributed by atoms with Gasteiger partial charge in [0.25, 0.3) is 5.91 Å². The molecule has 0 bridgehead atoms. The van der Waals surface area contributed by atoms with Crippen LogP contribution in [0, 0.1) is 0 Å². The van der Waals surface area contributed by atoms with Crippen LogP contribution in [-0.4, -0.2) is 62.7 Å². The Hall–Kier alpha value is -4.67. The minimum Gasteiger partial charge on any atom is -0.494 e. The van der Waals surface area contributed by atoms with Crippen molar-refractivity contribution in [1.29, 1.82) is 0 Å². The molecule has 3 aromatic rings. The van der Waals surface area contributed by atoms with Crippen molar-refractivity contribution >= 4 is 17.9 Å². The number of hydrogen-bond acceptors (Lipinski definition) is 8. The van der Waals surface area contributed by atoms with Gasteiger partial charge in [0.15, 0.2) is 17.9 Å². The summed E-state index contributed by atoms with van der Waals surface area (Å²) >= 11 is 0. The van der Waals surface area contributed by atoms with E-state index in [4.69, 9.17) is 34.6 Å². The van der Waals surface area contributed by atoms with Crippen LogP contribution < -0.4 is 10.1 Å². The highest BCUT2D eigenvalue weighted by Crippen LogP contribution is 2.44. The number of nitrogens with one attached hydrogen (secondary N) is 1. The van der Waals surface area contributed by atoms with E-state index in [1.54, 1.807) is 12.1 Å². The molecular weight excluding hydrogens is 562 g/mol. The number of carbonyl (C=O) groups excluding carboxylic acids is 1. The number of ether oxygens (including phenoxy) is 4. The highest BCUT2D eigenvalue weighted by atomic mass is 16.7. The summed E-state index contributed by atoms with van der Waals surface area (Å²) in [4.78, 5) is 22.2. The number of aliphatic imine (C=N–C) groups is 1. The molecule has 0 fully saturated rings. The summed E-state index contributed by atoms with van der Waals surface area (Å²) in [6, 6.07) is 24.4. The van der Waals surface area contributed by atoms with Crippen LogP contribution in [0.2, 0.25) is 0 Å². The predicted molar refractivity (Wildman–Crippen MR) is 167 cm³/mol. The van der Waals surface area contributed by atoms with E-state index in [1.807, 2.05) is 78.9 Å². The van der Waals surface area contributed by atoms with Gasteiger partial charge >= 0.3 is 0 Å². The van der Waals surface area contributed by atoms with Gasteiger partial charge in [0.05, 0.1) is 19.7 Å². The molecule has 1 heterocycles. The number of hydrogen-bond donors (Lipinski definition) is 2. The van der Waals surface area contributed by atoms with E-state index in [2.05, 4.69) is 15.3 Å². The van der Waals surface area contributed by atoms with Gasteiger partial charge < -0.3 is 29.4 Å². The predicted octanol–water partition coefficient (Wildman–Crippen LogP) is 5.35. The third kappa shape index (κ3) is 8.03. The number of methoxy groups -OCH3 is 2. The van der Waals surface area contributed by atoms with Crippen LogP contribution in [0.5, 0.6) is 5.75 Å². The molecule has 3 aromatic carbocycles. The molecule has 1 aliphatic heterocycles. The number of aliphatic hydroxyl groups excluding tert-OH is 1. The Labute approximate surface area is 256 Å². The lowest BCUT2D eigenvalue weighted by atomic mass is 9.82. The number of aliphatic hydroxyl groups is 1. The van der Waals surface area contributed by atoms with E-state index < -0.39 is 17.9 Å². The SMILES string of the molecule is COC(CNC(=O)[C@]1(C/C=C/c2ccccc2)N=C(c2ccc(OCCCO)cc2)O[C@@H]1c1ccccc1CN=[N+]=[N-])OC. The largest absolute Gasteiger partial charge is 0.494 e. The summed E-state index contributed by atoms with van der Waals surface area (Å²) in [6.45, 7) is 0.602. The molecule has 0 aliphatic carbocycles. The highest BCUT2D eigenvalue weighted by molar-refractivity contribution is 6.01. The van der Waals surface area contributed by atoms with Crippen molar-refractivity contribution in [3.8, 4) is 5.75 Å². The van der Waals surface area contributed by atoms with Crippen molar-refractivity contribution in [2.75, 3.05) is 34.0 Å².